The first-order valence-corrected chi connectivity index (χ1v) is 10.5. The normalized spacial score (nSPS) is 16.4. The minimum atomic E-state index is -4.46. The number of hydrogen-bond donors (Lipinski definition) is 1. The van der Waals surface area contributed by atoms with Crippen LogP contribution in [0.4, 0.5) is 11.4 Å². The molecule has 1 aliphatic rings. The number of para-hydroxylation sites is 2. The minimum Gasteiger partial charge on any atom is -0.351 e. The molecule has 0 aliphatic carbocycles. The monoisotopic (exact) mass is 444 g/mol. The Morgan fingerprint density at radius 2 is 1.77 bits per heavy atom. The van der Waals surface area contributed by atoms with Crippen LogP contribution in [0.1, 0.15) is 11.8 Å². The summed E-state index contributed by atoms with van der Waals surface area (Å²) < 4.78 is 34.6. The molecule has 0 unspecified atom stereocenters. The molecule has 1 atom stereocenters. The van der Waals surface area contributed by atoms with Crippen LogP contribution in [0.3, 0.4) is 0 Å². The smallest absolute Gasteiger partial charge is 0.330 e. The zero-order valence-corrected chi connectivity index (χ0v) is 16.7. The number of H-pyrrole nitrogens is 1. The highest BCUT2D eigenvalue weighted by molar-refractivity contribution is 7.93. The van der Waals surface area contributed by atoms with E-state index in [1.165, 1.54) is 24.4 Å². The van der Waals surface area contributed by atoms with Gasteiger partial charge < -0.3 is 9.72 Å². The molecule has 4 rings (SSSR count). The molecule has 2 aromatic carbocycles. The summed E-state index contributed by atoms with van der Waals surface area (Å²) in [5.74, 6) is 0. The van der Waals surface area contributed by atoms with Gasteiger partial charge in [-0.25, -0.2) is 17.8 Å². The number of fused-ring (bicyclic) bond motifs is 1. The van der Waals surface area contributed by atoms with Crippen LogP contribution in [-0.4, -0.2) is 29.4 Å². The van der Waals surface area contributed by atoms with Gasteiger partial charge in [0.15, 0.2) is 11.1 Å². The number of nitro benzene ring substituents is 1. The Bertz CT molecular complexity index is 1350. The molecule has 0 radical (unpaired) electrons. The van der Waals surface area contributed by atoms with Crippen molar-refractivity contribution in [3.63, 3.8) is 0 Å². The second-order valence-corrected chi connectivity index (χ2v) is 8.48. The molecule has 0 saturated heterocycles. The van der Waals surface area contributed by atoms with E-state index in [1.807, 2.05) is 0 Å². The second-order valence-electron chi connectivity index (χ2n) is 6.65. The molecule has 160 valence electrons. The second kappa shape index (κ2) is 7.81. The van der Waals surface area contributed by atoms with Gasteiger partial charge in [-0.3, -0.25) is 19.2 Å². The third-order valence-corrected chi connectivity index (χ3v) is 6.65. The number of aromatic nitrogens is 2. The van der Waals surface area contributed by atoms with E-state index in [-0.39, 0.29) is 12.3 Å². The van der Waals surface area contributed by atoms with Gasteiger partial charge in [0.1, 0.15) is 0 Å². The van der Waals surface area contributed by atoms with E-state index < -0.39 is 49.6 Å². The Morgan fingerprint density at radius 3 is 2.52 bits per heavy atom. The van der Waals surface area contributed by atoms with E-state index in [1.54, 1.807) is 18.2 Å². The number of sulfonamides is 1. The van der Waals surface area contributed by atoms with E-state index in [0.29, 0.717) is 5.56 Å². The molecule has 11 nitrogen and oxygen atoms in total. The van der Waals surface area contributed by atoms with Crippen molar-refractivity contribution in [3.05, 3.63) is 97.3 Å². The first-order chi connectivity index (χ1) is 14.8. The summed E-state index contributed by atoms with van der Waals surface area (Å²) >= 11 is 0. The number of nitrogens with one attached hydrogen (secondary N) is 1. The fraction of sp³-hybridized carbons (Fsp3) is 0.158. The maximum Gasteiger partial charge on any atom is 0.330 e. The molecule has 0 bridgehead atoms. The third-order valence-electron chi connectivity index (χ3n) is 4.82. The SMILES string of the molecule is O=c1cc[nH]c(=O)n1[C@H]1CN(S(=O)(=O)c2ccccc2[N+](=O)[O-])c2ccccc2CO1. The summed E-state index contributed by atoms with van der Waals surface area (Å²) in [6.07, 6.45) is -0.0866. The van der Waals surface area contributed by atoms with Gasteiger partial charge in [-0.1, -0.05) is 30.3 Å². The van der Waals surface area contributed by atoms with Crippen molar-refractivity contribution < 1.29 is 18.1 Å². The number of anilines is 1. The Labute approximate surface area is 175 Å². The predicted molar refractivity (Wildman–Crippen MR) is 109 cm³/mol. The van der Waals surface area contributed by atoms with E-state index in [2.05, 4.69) is 4.98 Å². The summed E-state index contributed by atoms with van der Waals surface area (Å²) in [7, 11) is -4.46. The molecule has 31 heavy (non-hydrogen) atoms. The van der Waals surface area contributed by atoms with Crippen LogP contribution in [0, 0.1) is 10.1 Å². The Hall–Kier alpha value is -3.77. The van der Waals surface area contributed by atoms with Crippen LogP contribution in [0.5, 0.6) is 0 Å². The lowest BCUT2D eigenvalue weighted by Gasteiger charge is -2.26. The summed E-state index contributed by atoms with van der Waals surface area (Å²) in [5.41, 5.74) is -1.32. The molecule has 1 aromatic heterocycles. The van der Waals surface area contributed by atoms with Crippen LogP contribution in [0.15, 0.2) is 75.3 Å². The predicted octanol–water partition coefficient (Wildman–Crippen LogP) is 1.37. The highest BCUT2D eigenvalue weighted by atomic mass is 32.2. The molecular weight excluding hydrogens is 428 g/mol. The molecule has 0 fully saturated rings. The highest BCUT2D eigenvalue weighted by Gasteiger charge is 2.37. The first-order valence-electron chi connectivity index (χ1n) is 9.06. The van der Waals surface area contributed by atoms with Crippen molar-refractivity contribution in [1.29, 1.82) is 0 Å². The van der Waals surface area contributed by atoms with Gasteiger partial charge in [-0.05, 0) is 12.1 Å². The fourth-order valence-electron chi connectivity index (χ4n) is 3.39. The number of aromatic amines is 1. The van der Waals surface area contributed by atoms with E-state index in [9.17, 15) is 28.1 Å². The molecule has 3 aromatic rings. The molecule has 1 N–H and O–H groups in total. The van der Waals surface area contributed by atoms with Crippen molar-refractivity contribution >= 4 is 21.4 Å². The van der Waals surface area contributed by atoms with Gasteiger partial charge in [0.2, 0.25) is 0 Å². The number of rotatable bonds is 4. The summed E-state index contributed by atoms with van der Waals surface area (Å²) in [4.78, 5) is 37.1. The zero-order valence-electron chi connectivity index (χ0n) is 15.9. The van der Waals surface area contributed by atoms with Gasteiger partial charge in [-0.15, -0.1) is 0 Å². The number of ether oxygens (including phenoxy) is 1. The van der Waals surface area contributed by atoms with Crippen LogP contribution in [-0.2, 0) is 21.4 Å². The fourth-order valence-corrected chi connectivity index (χ4v) is 5.05. The number of hydrogen-bond acceptors (Lipinski definition) is 7. The molecular formula is C19H16N4O7S. The van der Waals surface area contributed by atoms with Gasteiger partial charge in [0, 0.05) is 23.9 Å². The first kappa shape index (κ1) is 20.5. The quantitative estimate of drug-likeness (QED) is 0.472. The van der Waals surface area contributed by atoms with E-state index in [0.717, 1.165) is 27.1 Å². The van der Waals surface area contributed by atoms with Crippen molar-refractivity contribution in [2.45, 2.75) is 17.7 Å². The average molecular weight is 444 g/mol. The van der Waals surface area contributed by atoms with Crippen LogP contribution < -0.4 is 15.6 Å². The van der Waals surface area contributed by atoms with Gasteiger partial charge in [0.05, 0.1) is 23.8 Å². The third kappa shape index (κ3) is 3.62. The maximum atomic E-state index is 13.6. The lowest BCUT2D eigenvalue weighted by Crippen LogP contribution is -2.44. The Balaban J connectivity index is 1.91. The standard InChI is InChI=1S/C19H16N4O7S/c24-17-9-10-20-19(25)22(17)18-11-21(14-6-2-1-5-13(14)12-30-18)31(28,29)16-8-4-3-7-15(16)23(26)27/h1-10,18H,11-12H2,(H,20,25)/t18-/m1/s1. The van der Waals surface area contributed by atoms with Crippen molar-refractivity contribution in [2.75, 3.05) is 10.8 Å². The topological polar surface area (TPSA) is 145 Å². The van der Waals surface area contributed by atoms with Crippen molar-refractivity contribution in [1.82, 2.24) is 9.55 Å². The van der Waals surface area contributed by atoms with Crippen LogP contribution >= 0.6 is 0 Å². The van der Waals surface area contributed by atoms with Crippen LogP contribution in [0.2, 0.25) is 0 Å². The lowest BCUT2D eigenvalue weighted by atomic mass is 10.2. The molecule has 0 amide bonds. The summed E-state index contributed by atoms with van der Waals surface area (Å²) in [6.45, 7) is -0.525. The molecule has 0 saturated carbocycles. The van der Waals surface area contributed by atoms with Crippen molar-refractivity contribution in [2.24, 2.45) is 0 Å². The number of nitrogens with zero attached hydrogens (tertiary/aromatic N) is 3. The van der Waals surface area contributed by atoms with Gasteiger partial charge in [-0.2, -0.15) is 0 Å². The molecule has 12 heteroatoms. The molecule has 2 heterocycles. The molecule has 0 spiro atoms. The van der Waals surface area contributed by atoms with Gasteiger partial charge in [0.25, 0.3) is 21.3 Å². The summed E-state index contributed by atoms with van der Waals surface area (Å²) in [5, 5.41) is 11.4. The average Bonchev–Trinajstić information content (AvgIpc) is 2.94. The summed E-state index contributed by atoms with van der Waals surface area (Å²) in [6, 6.07) is 12.6. The Kier molecular flexibility index (Phi) is 5.17. The lowest BCUT2D eigenvalue weighted by molar-refractivity contribution is -0.387. The minimum absolute atomic E-state index is 0.0789. The molecule has 1 aliphatic heterocycles. The van der Waals surface area contributed by atoms with Crippen LogP contribution in [0.25, 0.3) is 0 Å². The van der Waals surface area contributed by atoms with Crippen molar-refractivity contribution in [3.8, 4) is 0 Å². The number of nitro groups is 1. The maximum absolute atomic E-state index is 13.6. The number of benzene rings is 2. The zero-order chi connectivity index (χ0) is 22.2. The Morgan fingerprint density at radius 1 is 1.06 bits per heavy atom. The van der Waals surface area contributed by atoms with Gasteiger partial charge >= 0.3 is 5.69 Å². The largest absolute Gasteiger partial charge is 0.351 e. The van der Waals surface area contributed by atoms with E-state index in [4.69, 9.17) is 4.74 Å². The van der Waals surface area contributed by atoms with E-state index >= 15 is 0 Å². The highest BCUT2D eigenvalue weighted by Crippen LogP contribution is 2.35.